The highest BCUT2D eigenvalue weighted by atomic mass is 16.7. The molecule has 116 valence electrons. The van der Waals surface area contributed by atoms with Crippen molar-refractivity contribution in [2.45, 2.75) is 25.0 Å². The largest absolute Gasteiger partial charge is 0.347 e. The highest BCUT2D eigenvalue weighted by molar-refractivity contribution is 6.20. The van der Waals surface area contributed by atoms with Gasteiger partial charge in [-0.25, -0.2) is 0 Å². The molecule has 2 heterocycles. The van der Waals surface area contributed by atoms with Gasteiger partial charge < -0.3 is 9.47 Å². The number of benzene rings is 1. The fraction of sp³-hybridized carbons (Fsp3) is 0.500. The number of nitrogens with zero attached hydrogens (tertiary/aromatic N) is 1. The Bertz CT molecular complexity index is 582. The molecule has 4 rings (SSSR count). The second-order valence-electron chi connectivity index (χ2n) is 5.84. The van der Waals surface area contributed by atoms with Gasteiger partial charge in [0.15, 0.2) is 5.79 Å². The Morgan fingerprint density at radius 2 is 1.77 bits per heavy atom. The van der Waals surface area contributed by atoms with E-state index in [1.54, 1.807) is 24.3 Å². The van der Waals surface area contributed by atoms with Gasteiger partial charge >= 0.3 is 0 Å². The van der Waals surface area contributed by atoms with Gasteiger partial charge in [0.1, 0.15) is 0 Å². The van der Waals surface area contributed by atoms with Crippen LogP contribution in [0.5, 0.6) is 0 Å². The van der Waals surface area contributed by atoms with Crippen LogP contribution in [0.2, 0.25) is 0 Å². The van der Waals surface area contributed by atoms with E-state index in [1.807, 2.05) is 0 Å². The van der Waals surface area contributed by atoms with Gasteiger partial charge in [-0.1, -0.05) is 12.1 Å². The summed E-state index contributed by atoms with van der Waals surface area (Å²) in [6.07, 6.45) is 2.74. The predicted octanol–water partition coefficient (Wildman–Crippen LogP) is 1.76. The SMILES string of the molecule is O=C1c2ccccc2C(=O)N1OCC1CCCC12OCCO2. The van der Waals surface area contributed by atoms with Crippen LogP contribution in [0.15, 0.2) is 24.3 Å². The molecular weight excluding hydrogens is 286 g/mol. The third-order valence-corrected chi connectivity index (χ3v) is 4.64. The molecule has 1 saturated heterocycles. The van der Waals surface area contributed by atoms with Crippen molar-refractivity contribution in [1.82, 2.24) is 5.06 Å². The van der Waals surface area contributed by atoms with Gasteiger partial charge in [-0.2, -0.15) is 0 Å². The smallest absolute Gasteiger partial charge is 0.285 e. The van der Waals surface area contributed by atoms with Crippen molar-refractivity contribution in [3.8, 4) is 0 Å². The summed E-state index contributed by atoms with van der Waals surface area (Å²) < 4.78 is 11.5. The fourth-order valence-corrected chi connectivity index (χ4v) is 3.53. The van der Waals surface area contributed by atoms with Crippen molar-refractivity contribution in [2.24, 2.45) is 5.92 Å². The minimum absolute atomic E-state index is 0.0410. The van der Waals surface area contributed by atoms with Gasteiger partial charge in [-0.15, -0.1) is 5.06 Å². The fourth-order valence-electron chi connectivity index (χ4n) is 3.53. The first-order chi connectivity index (χ1) is 10.7. The van der Waals surface area contributed by atoms with E-state index in [-0.39, 0.29) is 12.5 Å². The van der Waals surface area contributed by atoms with E-state index < -0.39 is 17.6 Å². The molecule has 1 spiro atoms. The number of fused-ring (bicyclic) bond motifs is 1. The summed E-state index contributed by atoms with van der Waals surface area (Å²) in [6, 6.07) is 6.75. The number of carbonyl (C=O) groups excluding carboxylic acids is 2. The third-order valence-electron chi connectivity index (χ3n) is 4.64. The summed E-state index contributed by atoms with van der Waals surface area (Å²) in [4.78, 5) is 30.0. The molecule has 0 N–H and O–H groups in total. The molecule has 1 atom stereocenters. The number of amides is 2. The maximum atomic E-state index is 12.2. The lowest BCUT2D eigenvalue weighted by Gasteiger charge is -2.29. The average Bonchev–Trinajstić information content (AvgIpc) is 3.22. The van der Waals surface area contributed by atoms with Crippen molar-refractivity contribution in [2.75, 3.05) is 19.8 Å². The number of carbonyl (C=O) groups is 2. The zero-order valence-corrected chi connectivity index (χ0v) is 12.1. The Morgan fingerprint density at radius 1 is 1.14 bits per heavy atom. The molecule has 2 aliphatic heterocycles. The van der Waals surface area contributed by atoms with Crippen LogP contribution in [-0.2, 0) is 14.3 Å². The lowest BCUT2D eigenvalue weighted by Crippen LogP contribution is -2.40. The van der Waals surface area contributed by atoms with Crippen molar-refractivity contribution >= 4 is 11.8 Å². The van der Waals surface area contributed by atoms with Crippen LogP contribution in [0.4, 0.5) is 0 Å². The molecule has 0 radical (unpaired) electrons. The Labute approximate surface area is 127 Å². The molecule has 22 heavy (non-hydrogen) atoms. The van der Waals surface area contributed by atoms with E-state index in [0.717, 1.165) is 24.3 Å². The van der Waals surface area contributed by atoms with Gasteiger partial charge in [-0.05, 0) is 25.0 Å². The monoisotopic (exact) mass is 303 g/mol. The molecule has 1 aromatic rings. The zero-order valence-electron chi connectivity index (χ0n) is 12.1. The van der Waals surface area contributed by atoms with Gasteiger partial charge in [0.25, 0.3) is 11.8 Å². The van der Waals surface area contributed by atoms with Crippen LogP contribution in [-0.4, -0.2) is 42.5 Å². The van der Waals surface area contributed by atoms with Crippen LogP contribution in [0, 0.1) is 5.92 Å². The molecule has 0 bridgehead atoms. The highest BCUT2D eigenvalue weighted by Gasteiger charge is 2.49. The minimum atomic E-state index is -0.585. The van der Waals surface area contributed by atoms with E-state index in [1.165, 1.54) is 0 Å². The minimum Gasteiger partial charge on any atom is -0.347 e. The molecule has 1 aromatic carbocycles. The highest BCUT2D eigenvalue weighted by Crippen LogP contribution is 2.42. The zero-order chi connectivity index (χ0) is 15.2. The van der Waals surface area contributed by atoms with Crippen LogP contribution < -0.4 is 0 Å². The lowest BCUT2D eigenvalue weighted by molar-refractivity contribution is -0.208. The Hall–Kier alpha value is -1.76. The summed E-state index contributed by atoms with van der Waals surface area (Å²) in [5.41, 5.74) is 0.781. The van der Waals surface area contributed by atoms with E-state index in [9.17, 15) is 9.59 Å². The van der Waals surface area contributed by atoms with Gasteiger partial charge in [-0.3, -0.25) is 14.4 Å². The second-order valence-corrected chi connectivity index (χ2v) is 5.84. The summed E-state index contributed by atoms with van der Waals surface area (Å²) >= 11 is 0. The number of imide groups is 1. The number of rotatable bonds is 3. The number of hydroxylamine groups is 2. The van der Waals surface area contributed by atoms with E-state index >= 15 is 0 Å². The Morgan fingerprint density at radius 3 is 2.41 bits per heavy atom. The van der Waals surface area contributed by atoms with Crippen molar-refractivity contribution in [3.63, 3.8) is 0 Å². The van der Waals surface area contributed by atoms with Crippen molar-refractivity contribution in [1.29, 1.82) is 0 Å². The van der Waals surface area contributed by atoms with Crippen LogP contribution in [0.25, 0.3) is 0 Å². The maximum Gasteiger partial charge on any atom is 0.285 e. The standard InChI is InChI=1S/C16H17NO5/c18-14-12-5-1-2-6-13(12)15(19)17(14)22-10-11-4-3-7-16(11)20-8-9-21-16/h1-2,5-6,11H,3-4,7-10H2. The van der Waals surface area contributed by atoms with Crippen LogP contribution >= 0.6 is 0 Å². The second kappa shape index (κ2) is 5.15. The number of hydrogen-bond acceptors (Lipinski definition) is 5. The molecule has 6 heteroatoms. The Kier molecular flexibility index (Phi) is 3.25. The first-order valence-electron chi connectivity index (χ1n) is 7.60. The third kappa shape index (κ3) is 1.99. The van der Waals surface area contributed by atoms with E-state index in [4.69, 9.17) is 14.3 Å². The molecule has 0 aromatic heterocycles. The summed E-state index contributed by atoms with van der Waals surface area (Å²) in [5, 5.41) is 0.867. The summed E-state index contributed by atoms with van der Waals surface area (Å²) in [7, 11) is 0. The molecule has 1 aliphatic carbocycles. The molecule has 2 amide bonds. The van der Waals surface area contributed by atoms with Crippen molar-refractivity contribution in [3.05, 3.63) is 35.4 Å². The van der Waals surface area contributed by atoms with Crippen LogP contribution in [0.1, 0.15) is 40.0 Å². The Balaban J connectivity index is 1.47. The van der Waals surface area contributed by atoms with E-state index in [0.29, 0.717) is 24.3 Å². The molecule has 2 fully saturated rings. The molecule has 1 unspecified atom stereocenters. The first kappa shape index (κ1) is 13.9. The molecule has 3 aliphatic rings. The number of hydrogen-bond donors (Lipinski definition) is 0. The topological polar surface area (TPSA) is 65.1 Å². The molecular formula is C16H17NO5. The first-order valence-corrected chi connectivity index (χ1v) is 7.60. The maximum absolute atomic E-state index is 12.2. The van der Waals surface area contributed by atoms with Gasteiger partial charge in [0.05, 0.1) is 30.9 Å². The van der Waals surface area contributed by atoms with E-state index in [2.05, 4.69) is 0 Å². The van der Waals surface area contributed by atoms with Crippen LogP contribution in [0.3, 0.4) is 0 Å². The van der Waals surface area contributed by atoms with Crippen molar-refractivity contribution < 1.29 is 23.9 Å². The van der Waals surface area contributed by atoms with Gasteiger partial charge in [0, 0.05) is 12.3 Å². The molecule has 1 saturated carbocycles. The number of ether oxygens (including phenoxy) is 2. The van der Waals surface area contributed by atoms with Gasteiger partial charge in [0.2, 0.25) is 0 Å². The normalized spacial score (nSPS) is 26.2. The average molecular weight is 303 g/mol. The summed E-state index contributed by atoms with van der Waals surface area (Å²) in [5.74, 6) is -1.35. The lowest BCUT2D eigenvalue weighted by atomic mass is 10.0. The summed E-state index contributed by atoms with van der Waals surface area (Å²) in [6.45, 7) is 1.42. The molecule has 6 nitrogen and oxygen atoms in total. The predicted molar refractivity (Wildman–Crippen MR) is 74.9 cm³/mol. The quantitative estimate of drug-likeness (QED) is 0.796.